The number of methoxy groups -OCH3 is 2. The molecule has 2 heterocycles. The lowest BCUT2D eigenvalue weighted by Crippen LogP contribution is -1.97. The molecule has 0 spiro atoms. The first-order valence-electron chi connectivity index (χ1n) is 9.01. The van der Waals surface area contributed by atoms with Gasteiger partial charge in [0, 0.05) is 22.3 Å². The van der Waals surface area contributed by atoms with E-state index < -0.39 is 0 Å². The minimum atomic E-state index is 0.669. The molecule has 0 saturated heterocycles. The second kappa shape index (κ2) is 7.52. The van der Waals surface area contributed by atoms with Crippen molar-refractivity contribution in [2.24, 2.45) is 0 Å². The third-order valence-electron chi connectivity index (χ3n) is 4.72. The molecule has 0 aliphatic carbocycles. The largest absolute Gasteiger partial charge is 0.493 e. The molecule has 0 bridgehead atoms. The van der Waals surface area contributed by atoms with Crippen LogP contribution in [0.1, 0.15) is 12.6 Å². The van der Waals surface area contributed by atoms with Crippen LogP contribution in [0.5, 0.6) is 11.5 Å². The minimum Gasteiger partial charge on any atom is -0.493 e. The average molecular weight is 394 g/mol. The molecule has 0 atom stereocenters. The van der Waals surface area contributed by atoms with E-state index in [0.717, 1.165) is 40.1 Å². The van der Waals surface area contributed by atoms with E-state index in [0.29, 0.717) is 16.5 Å². The van der Waals surface area contributed by atoms with Crippen LogP contribution in [0, 0.1) is 0 Å². The predicted octanol–water partition coefficient (Wildman–Crippen LogP) is 5.30. The fourth-order valence-electron chi connectivity index (χ4n) is 3.39. The van der Waals surface area contributed by atoms with Crippen LogP contribution in [0.25, 0.3) is 28.0 Å². The molecule has 0 aliphatic heterocycles. The van der Waals surface area contributed by atoms with Crippen LogP contribution in [-0.2, 0) is 6.42 Å². The first-order chi connectivity index (χ1) is 13.7. The van der Waals surface area contributed by atoms with Crippen molar-refractivity contribution in [3.63, 3.8) is 0 Å². The Bertz CT molecular complexity index is 1150. The third kappa shape index (κ3) is 3.08. The van der Waals surface area contributed by atoms with Gasteiger partial charge in [0.1, 0.15) is 0 Å². The molecule has 0 fully saturated rings. The van der Waals surface area contributed by atoms with Crippen LogP contribution in [0.2, 0.25) is 5.02 Å². The van der Waals surface area contributed by atoms with Crippen molar-refractivity contribution in [1.29, 1.82) is 0 Å². The highest BCUT2D eigenvalue weighted by molar-refractivity contribution is 6.30. The van der Waals surface area contributed by atoms with E-state index in [1.54, 1.807) is 20.4 Å². The Morgan fingerprint density at radius 2 is 1.79 bits per heavy atom. The summed E-state index contributed by atoms with van der Waals surface area (Å²) in [4.78, 5) is 4.62. The molecule has 4 aromatic rings. The number of benzene rings is 2. The van der Waals surface area contributed by atoms with Gasteiger partial charge in [0.15, 0.2) is 17.1 Å². The fourth-order valence-corrected chi connectivity index (χ4v) is 3.58. The summed E-state index contributed by atoms with van der Waals surface area (Å²) in [7, 11) is 3.25. The van der Waals surface area contributed by atoms with Gasteiger partial charge in [-0.2, -0.15) is 5.10 Å². The van der Waals surface area contributed by atoms with Crippen LogP contribution in [-0.4, -0.2) is 28.8 Å². The topological polar surface area (TPSA) is 48.7 Å². The summed E-state index contributed by atoms with van der Waals surface area (Å²) in [6.45, 7) is 2.09. The number of rotatable bonds is 5. The van der Waals surface area contributed by atoms with E-state index in [1.165, 1.54) is 0 Å². The Kier molecular flexibility index (Phi) is 4.92. The summed E-state index contributed by atoms with van der Waals surface area (Å²) in [5, 5.41) is 5.54. The fraction of sp³-hybridized carbons (Fsp3) is 0.182. The molecule has 5 nitrogen and oxygen atoms in total. The Hall–Kier alpha value is -3.05. The number of nitrogens with zero attached hydrogens (tertiary/aromatic N) is 3. The van der Waals surface area contributed by atoms with Crippen molar-refractivity contribution in [1.82, 2.24) is 14.6 Å². The van der Waals surface area contributed by atoms with Gasteiger partial charge >= 0.3 is 0 Å². The molecule has 0 amide bonds. The van der Waals surface area contributed by atoms with Gasteiger partial charge in [-0.05, 0) is 48.4 Å². The monoisotopic (exact) mass is 393 g/mol. The number of aryl methyl sites for hydroxylation is 1. The highest BCUT2D eigenvalue weighted by Gasteiger charge is 2.18. The Morgan fingerprint density at radius 1 is 0.964 bits per heavy atom. The molecule has 0 aliphatic rings. The molecule has 0 saturated carbocycles. The van der Waals surface area contributed by atoms with Gasteiger partial charge in [-0.25, -0.2) is 9.50 Å². The molecule has 2 aromatic carbocycles. The van der Waals surface area contributed by atoms with E-state index in [-0.39, 0.29) is 0 Å². The van der Waals surface area contributed by atoms with E-state index in [9.17, 15) is 0 Å². The van der Waals surface area contributed by atoms with Crippen molar-refractivity contribution in [2.75, 3.05) is 14.2 Å². The summed E-state index contributed by atoms with van der Waals surface area (Å²) in [5.74, 6) is 1.36. The third-order valence-corrected chi connectivity index (χ3v) is 4.95. The highest BCUT2D eigenvalue weighted by atomic mass is 35.5. The van der Waals surface area contributed by atoms with E-state index in [1.807, 2.05) is 53.0 Å². The lowest BCUT2D eigenvalue weighted by molar-refractivity contribution is 0.355. The smallest absolute Gasteiger partial charge is 0.163 e. The van der Waals surface area contributed by atoms with Gasteiger partial charge in [0.25, 0.3) is 0 Å². The van der Waals surface area contributed by atoms with Gasteiger partial charge in [-0.3, -0.25) is 0 Å². The Labute approximate surface area is 168 Å². The molecular formula is C22H20ClN3O2. The van der Waals surface area contributed by atoms with Crippen LogP contribution < -0.4 is 9.47 Å². The minimum absolute atomic E-state index is 0.669. The SMILES string of the molecule is CCc1nn2c(-c3ccc(OC)c(OC)c3)ccnc2c1-c1cccc(Cl)c1. The zero-order valence-electron chi connectivity index (χ0n) is 15.9. The van der Waals surface area contributed by atoms with Crippen molar-refractivity contribution in [3.05, 3.63) is 65.4 Å². The van der Waals surface area contributed by atoms with Crippen molar-refractivity contribution < 1.29 is 9.47 Å². The van der Waals surface area contributed by atoms with Crippen LogP contribution in [0.15, 0.2) is 54.7 Å². The summed E-state index contributed by atoms with van der Waals surface area (Å²) in [6.07, 6.45) is 2.59. The van der Waals surface area contributed by atoms with Gasteiger partial charge in [0.05, 0.1) is 25.6 Å². The van der Waals surface area contributed by atoms with Crippen molar-refractivity contribution in [2.45, 2.75) is 13.3 Å². The number of fused-ring (bicyclic) bond motifs is 1. The molecular weight excluding hydrogens is 374 g/mol. The highest BCUT2D eigenvalue weighted by Crippen LogP contribution is 2.35. The molecule has 142 valence electrons. The zero-order chi connectivity index (χ0) is 19.7. The van der Waals surface area contributed by atoms with E-state index in [2.05, 4.69) is 11.9 Å². The number of hydrogen-bond donors (Lipinski definition) is 0. The first kappa shape index (κ1) is 18.3. The van der Waals surface area contributed by atoms with E-state index in [4.69, 9.17) is 26.2 Å². The first-order valence-corrected chi connectivity index (χ1v) is 9.39. The lowest BCUT2D eigenvalue weighted by atomic mass is 10.0. The number of aromatic nitrogens is 3. The molecule has 4 rings (SSSR count). The van der Waals surface area contributed by atoms with Gasteiger partial charge < -0.3 is 9.47 Å². The number of hydrogen-bond acceptors (Lipinski definition) is 4. The molecule has 0 N–H and O–H groups in total. The Morgan fingerprint density at radius 3 is 2.50 bits per heavy atom. The second-order valence-corrected chi connectivity index (χ2v) is 6.76. The van der Waals surface area contributed by atoms with Crippen LogP contribution in [0.3, 0.4) is 0 Å². The maximum Gasteiger partial charge on any atom is 0.163 e. The van der Waals surface area contributed by atoms with Crippen molar-refractivity contribution >= 4 is 17.2 Å². The van der Waals surface area contributed by atoms with Crippen LogP contribution in [0.4, 0.5) is 0 Å². The average Bonchev–Trinajstić information content (AvgIpc) is 3.12. The van der Waals surface area contributed by atoms with Crippen molar-refractivity contribution in [3.8, 4) is 33.9 Å². The normalized spacial score (nSPS) is 11.0. The van der Waals surface area contributed by atoms with Crippen LogP contribution >= 0.6 is 11.6 Å². The zero-order valence-corrected chi connectivity index (χ0v) is 16.7. The summed E-state index contributed by atoms with van der Waals surface area (Å²) in [5.41, 5.74) is 5.68. The second-order valence-electron chi connectivity index (χ2n) is 6.32. The number of ether oxygens (including phenoxy) is 2. The lowest BCUT2D eigenvalue weighted by Gasteiger charge is -2.10. The maximum atomic E-state index is 6.22. The molecule has 2 aromatic heterocycles. The van der Waals surface area contributed by atoms with Gasteiger partial charge in [-0.1, -0.05) is 30.7 Å². The van der Waals surface area contributed by atoms with Gasteiger partial charge in [-0.15, -0.1) is 0 Å². The van der Waals surface area contributed by atoms with E-state index >= 15 is 0 Å². The summed E-state index contributed by atoms with van der Waals surface area (Å²) in [6, 6.07) is 15.6. The predicted molar refractivity (Wildman–Crippen MR) is 111 cm³/mol. The summed E-state index contributed by atoms with van der Waals surface area (Å²) < 4.78 is 12.7. The molecule has 0 radical (unpaired) electrons. The van der Waals surface area contributed by atoms with Gasteiger partial charge in [0.2, 0.25) is 0 Å². The molecule has 28 heavy (non-hydrogen) atoms. The standard InChI is InChI=1S/C22H20ClN3O2/c1-4-17-21(15-6-5-7-16(23)12-15)22-24-11-10-18(26(22)25-17)14-8-9-19(27-2)20(13-14)28-3/h5-13H,4H2,1-3H3. The maximum absolute atomic E-state index is 6.22. The summed E-state index contributed by atoms with van der Waals surface area (Å²) >= 11 is 6.22. The Balaban J connectivity index is 1.96. The number of halogens is 1. The molecule has 0 unspecified atom stereocenters. The molecule has 6 heteroatoms. The quantitative estimate of drug-likeness (QED) is 0.462.